The molecule has 18 heavy (non-hydrogen) atoms. The lowest BCUT2D eigenvalue weighted by atomic mass is 10.3. The summed E-state index contributed by atoms with van der Waals surface area (Å²) in [7, 11) is 0. The minimum Gasteiger partial charge on any atom is -0.258 e. The molecule has 1 N–H and O–H groups in total. The van der Waals surface area contributed by atoms with Gasteiger partial charge in [0.05, 0.1) is 10.5 Å². The maximum Gasteiger partial charge on any atom is 0.112 e. The van der Waals surface area contributed by atoms with Crippen LogP contribution in [0.3, 0.4) is 0 Å². The van der Waals surface area contributed by atoms with E-state index in [2.05, 4.69) is 27.3 Å². The summed E-state index contributed by atoms with van der Waals surface area (Å²) in [5.74, 6) is 0. The SMILES string of the molecule is CCCCc1nccs1.c1ccc2[nH]nnc2c1. The van der Waals surface area contributed by atoms with Gasteiger partial charge in [0.2, 0.25) is 0 Å². The highest BCUT2D eigenvalue weighted by Crippen LogP contribution is 2.07. The molecule has 0 unspecified atom stereocenters. The number of aryl methyl sites for hydroxylation is 1. The van der Waals surface area contributed by atoms with Crippen LogP contribution in [0.4, 0.5) is 0 Å². The molecule has 3 aromatic rings. The number of hydrogen-bond donors (Lipinski definition) is 1. The second kappa shape index (κ2) is 6.86. The van der Waals surface area contributed by atoms with Gasteiger partial charge in [-0.2, -0.15) is 0 Å². The van der Waals surface area contributed by atoms with E-state index in [4.69, 9.17) is 0 Å². The second-order valence-electron chi connectivity index (χ2n) is 3.86. The van der Waals surface area contributed by atoms with Crippen LogP contribution in [0.2, 0.25) is 0 Å². The van der Waals surface area contributed by atoms with Gasteiger partial charge in [-0.1, -0.05) is 30.7 Å². The smallest absolute Gasteiger partial charge is 0.112 e. The number of para-hydroxylation sites is 1. The van der Waals surface area contributed by atoms with Crippen molar-refractivity contribution in [3.8, 4) is 0 Å². The summed E-state index contributed by atoms with van der Waals surface area (Å²) in [6.45, 7) is 2.20. The van der Waals surface area contributed by atoms with Gasteiger partial charge in [0.1, 0.15) is 5.52 Å². The van der Waals surface area contributed by atoms with Crippen LogP contribution in [-0.4, -0.2) is 20.4 Å². The van der Waals surface area contributed by atoms with Crippen molar-refractivity contribution in [1.29, 1.82) is 0 Å². The summed E-state index contributed by atoms with van der Waals surface area (Å²) in [6.07, 6.45) is 5.57. The third-order valence-electron chi connectivity index (χ3n) is 2.46. The fourth-order valence-electron chi connectivity index (χ4n) is 1.49. The van der Waals surface area contributed by atoms with Gasteiger partial charge in [-0.3, -0.25) is 5.10 Å². The quantitative estimate of drug-likeness (QED) is 0.784. The zero-order valence-corrected chi connectivity index (χ0v) is 11.2. The van der Waals surface area contributed by atoms with Gasteiger partial charge in [-0.05, 0) is 25.0 Å². The first-order valence-corrected chi connectivity index (χ1v) is 6.92. The van der Waals surface area contributed by atoms with Gasteiger partial charge in [-0.15, -0.1) is 16.4 Å². The molecule has 0 amide bonds. The lowest BCUT2D eigenvalue weighted by Gasteiger charge is -1.89. The van der Waals surface area contributed by atoms with Crippen LogP contribution >= 0.6 is 11.3 Å². The van der Waals surface area contributed by atoms with Crippen LogP contribution in [0.1, 0.15) is 24.8 Å². The highest BCUT2D eigenvalue weighted by Gasteiger charge is 1.91. The Balaban J connectivity index is 0.000000134. The fourth-order valence-corrected chi connectivity index (χ4v) is 2.16. The summed E-state index contributed by atoms with van der Waals surface area (Å²) in [5, 5.41) is 13.5. The van der Waals surface area contributed by atoms with E-state index in [0.29, 0.717) is 0 Å². The standard InChI is InChI=1S/C7H11NS.C6H5N3/c1-2-3-4-7-8-5-6-9-7;1-2-4-6-5(3-1)7-9-8-6/h5-6H,2-4H2,1H3;1-4H,(H,7,8,9). The molecule has 0 aliphatic carbocycles. The number of benzene rings is 1. The van der Waals surface area contributed by atoms with E-state index < -0.39 is 0 Å². The number of nitrogens with zero attached hydrogens (tertiary/aromatic N) is 3. The number of unbranched alkanes of at least 4 members (excludes halogenated alkanes) is 1. The number of hydrogen-bond acceptors (Lipinski definition) is 4. The average Bonchev–Trinajstić information content (AvgIpc) is 3.08. The Morgan fingerprint density at radius 1 is 1.28 bits per heavy atom. The molecule has 2 heterocycles. The highest BCUT2D eigenvalue weighted by molar-refractivity contribution is 7.09. The number of aromatic nitrogens is 4. The second-order valence-corrected chi connectivity index (χ2v) is 4.84. The van der Waals surface area contributed by atoms with E-state index in [0.717, 1.165) is 17.5 Å². The molecule has 1 aromatic carbocycles. The first-order valence-electron chi connectivity index (χ1n) is 6.04. The summed E-state index contributed by atoms with van der Waals surface area (Å²) in [5.41, 5.74) is 1.90. The van der Waals surface area contributed by atoms with Crippen molar-refractivity contribution in [3.63, 3.8) is 0 Å². The van der Waals surface area contributed by atoms with E-state index in [9.17, 15) is 0 Å². The van der Waals surface area contributed by atoms with E-state index in [1.165, 1.54) is 17.8 Å². The van der Waals surface area contributed by atoms with Crippen molar-refractivity contribution in [3.05, 3.63) is 40.8 Å². The predicted octanol–water partition coefficient (Wildman–Crippen LogP) is 3.44. The Labute approximate surface area is 110 Å². The molecule has 94 valence electrons. The van der Waals surface area contributed by atoms with Crippen molar-refractivity contribution < 1.29 is 0 Å². The summed E-state index contributed by atoms with van der Waals surface area (Å²) in [6, 6.07) is 7.74. The van der Waals surface area contributed by atoms with E-state index in [1.807, 2.05) is 35.8 Å². The van der Waals surface area contributed by atoms with Gasteiger partial charge < -0.3 is 0 Å². The molecule has 5 heteroatoms. The number of nitrogens with one attached hydrogen (secondary N) is 1. The monoisotopic (exact) mass is 260 g/mol. The van der Waals surface area contributed by atoms with Crippen LogP contribution in [0.5, 0.6) is 0 Å². The van der Waals surface area contributed by atoms with Crippen molar-refractivity contribution in [2.45, 2.75) is 26.2 Å². The minimum absolute atomic E-state index is 0.914. The number of aromatic amines is 1. The molecule has 0 spiro atoms. The summed E-state index contributed by atoms with van der Waals surface area (Å²) in [4.78, 5) is 4.17. The zero-order chi connectivity index (χ0) is 12.6. The third-order valence-corrected chi connectivity index (χ3v) is 3.30. The predicted molar refractivity (Wildman–Crippen MR) is 74.6 cm³/mol. The Morgan fingerprint density at radius 2 is 2.17 bits per heavy atom. The number of fused-ring (bicyclic) bond motifs is 1. The van der Waals surface area contributed by atoms with Crippen LogP contribution in [0.25, 0.3) is 11.0 Å². The van der Waals surface area contributed by atoms with Gasteiger partial charge in [0.25, 0.3) is 0 Å². The Kier molecular flexibility index (Phi) is 4.84. The first-order chi connectivity index (χ1) is 8.90. The van der Waals surface area contributed by atoms with Gasteiger partial charge in [0, 0.05) is 11.6 Å². The van der Waals surface area contributed by atoms with Crippen molar-refractivity contribution >= 4 is 22.4 Å². The molecular formula is C13H16N4S. The zero-order valence-electron chi connectivity index (χ0n) is 10.3. The van der Waals surface area contributed by atoms with Crippen LogP contribution in [-0.2, 0) is 6.42 Å². The summed E-state index contributed by atoms with van der Waals surface area (Å²) >= 11 is 1.75. The lowest BCUT2D eigenvalue weighted by molar-refractivity contribution is 0.790. The molecule has 0 saturated heterocycles. The normalized spacial score (nSPS) is 10.1. The van der Waals surface area contributed by atoms with Gasteiger partial charge >= 0.3 is 0 Å². The molecule has 0 bridgehead atoms. The van der Waals surface area contributed by atoms with E-state index >= 15 is 0 Å². The molecule has 3 rings (SSSR count). The molecule has 0 aliphatic rings. The summed E-state index contributed by atoms with van der Waals surface area (Å²) < 4.78 is 0. The Bertz CT molecular complexity index is 529. The maximum absolute atomic E-state index is 4.17. The van der Waals surface area contributed by atoms with Crippen molar-refractivity contribution in [2.75, 3.05) is 0 Å². The number of rotatable bonds is 3. The lowest BCUT2D eigenvalue weighted by Crippen LogP contribution is -1.80. The van der Waals surface area contributed by atoms with Crippen molar-refractivity contribution in [2.24, 2.45) is 0 Å². The molecule has 0 atom stereocenters. The van der Waals surface area contributed by atoms with Crippen molar-refractivity contribution in [1.82, 2.24) is 20.4 Å². The number of thiazole rings is 1. The van der Waals surface area contributed by atoms with Gasteiger partial charge in [-0.25, -0.2) is 4.98 Å². The van der Waals surface area contributed by atoms with E-state index in [1.54, 1.807) is 11.3 Å². The third kappa shape index (κ3) is 3.63. The molecular weight excluding hydrogens is 244 g/mol. The Morgan fingerprint density at radius 3 is 2.89 bits per heavy atom. The molecule has 4 nitrogen and oxygen atoms in total. The topological polar surface area (TPSA) is 54.5 Å². The Hall–Kier alpha value is -1.75. The van der Waals surface area contributed by atoms with Gasteiger partial charge in [0.15, 0.2) is 0 Å². The largest absolute Gasteiger partial charge is 0.258 e. The highest BCUT2D eigenvalue weighted by atomic mass is 32.1. The molecule has 2 aromatic heterocycles. The number of H-pyrrole nitrogens is 1. The fraction of sp³-hybridized carbons (Fsp3) is 0.308. The minimum atomic E-state index is 0.914. The van der Waals surface area contributed by atoms with Crippen LogP contribution < -0.4 is 0 Å². The molecule has 0 saturated carbocycles. The molecule has 0 aliphatic heterocycles. The maximum atomic E-state index is 4.17. The molecule has 0 fully saturated rings. The molecule has 0 radical (unpaired) electrons. The first kappa shape index (κ1) is 12.7. The average molecular weight is 260 g/mol. The van der Waals surface area contributed by atoms with Crippen LogP contribution in [0.15, 0.2) is 35.8 Å². The van der Waals surface area contributed by atoms with Crippen LogP contribution in [0, 0.1) is 0 Å². The van der Waals surface area contributed by atoms with E-state index in [-0.39, 0.29) is 0 Å².